The fourth-order valence-corrected chi connectivity index (χ4v) is 3.46. The Bertz CT molecular complexity index is 646. The van der Waals surface area contributed by atoms with Crippen LogP contribution in [0.1, 0.15) is 68.0 Å². The van der Waals surface area contributed by atoms with Crippen molar-refractivity contribution >= 4 is 11.9 Å². The standard InChI is InChI=1S/C16H21F3N2O4/c1-3-15(14(24)25-4-2)7-5-10(6-8-15)21-12(16(17,18)19)11(9-20-21)13(22)23/h9-10H,3-8H2,1-2H3,(H,22,23)/t10-,15-. The van der Waals surface area contributed by atoms with Crippen molar-refractivity contribution in [3.05, 3.63) is 17.5 Å². The fourth-order valence-electron chi connectivity index (χ4n) is 3.46. The molecule has 9 heteroatoms. The summed E-state index contributed by atoms with van der Waals surface area (Å²) >= 11 is 0. The van der Waals surface area contributed by atoms with Crippen LogP contribution in [0.3, 0.4) is 0 Å². The average Bonchev–Trinajstić information content (AvgIpc) is 3.00. The summed E-state index contributed by atoms with van der Waals surface area (Å²) in [4.78, 5) is 23.3. The van der Waals surface area contributed by atoms with E-state index in [4.69, 9.17) is 9.84 Å². The summed E-state index contributed by atoms with van der Waals surface area (Å²) in [5, 5.41) is 12.7. The highest BCUT2D eigenvalue weighted by atomic mass is 19.4. The maximum absolute atomic E-state index is 13.3. The summed E-state index contributed by atoms with van der Waals surface area (Å²) in [6.07, 6.45) is -2.17. The molecule has 0 saturated heterocycles. The van der Waals surface area contributed by atoms with Gasteiger partial charge < -0.3 is 9.84 Å². The van der Waals surface area contributed by atoms with E-state index in [1.165, 1.54) is 0 Å². The van der Waals surface area contributed by atoms with E-state index in [0.29, 0.717) is 32.1 Å². The number of hydrogen-bond acceptors (Lipinski definition) is 4. The average molecular weight is 362 g/mol. The highest BCUT2D eigenvalue weighted by Gasteiger charge is 2.45. The van der Waals surface area contributed by atoms with E-state index < -0.39 is 34.9 Å². The van der Waals surface area contributed by atoms with Crippen LogP contribution in [0.25, 0.3) is 0 Å². The number of carbonyl (C=O) groups is 2. The Morgan fingerprint density at radius 1 is 1.36 bits per heavy atom. The third kappa shape index (κ3) is 3.64. The van der Waals surface area contributed by atoms with Gasteiger partial charge in [-0.25, -0.2) is 4.79 Å². The molecule has 0 radical (unpaired) electrons. The number of rotatable bonds is 5. The predicted octanol–water partition coefficient (Wildman–Crippen LogP) is 3.67. The van der Waals surface area contributed by atoms with E-state index in [9.17, 15) is 22.8 Å². The number of carbonyl (C=O) groups excluding carboxylic acids is 1. The Morgan fingerprint density at radius 2 is 1.96 bits per heavy atom. The molecule has 0 amide bonds. The molecule has 0 aromatic carbocycles. The highest BCUT2D eigenvalue weighted by molar-refractivity contribution is 5.88. The number of aromatic carboxylic acids is 1. The van der Waals surface area contributed by atoms with Gasteiger partial charge in [-0.3, -0.25) is 9.48 Å². The molecule has 1 N–H and O–H groups in total. The first kappa shape index (κ1) is 19.3. The summed E-state index contributed by atoms with van der Waals surface area (Å²) in [6, 6.07) is -0.598. The van der Waals surface area contributed by atoms with Gasteiger partial charge in [0.25, 0.3) is 0 Å². The molecule has 0 unspecified atom stereocenters. The van der Waals surface area contributed by atoms with Crippen molar-refractivity contribution < 1.29 is 32.6 Å². The molecular formula is C16H21F3N2O4. The van der Waals surface area contributed by atoms with Gasteiger partial charge in [0.15, 0.2) is 5.69 Å². The molecular weight excluding hydrogens is 341 g/mol. The number of nitrogens with zero attached hydrogens (tertiary/aromatic N) is 2. The topological polar surface area (TPSA) is 81.4 Å². The fraction of sp³-hybridized carbons (Fsp3) is 0.688. The van der Waals surface area contributed by atoms with Crippen LogP contribution in [0.2, 0.25) is 0 Å². The van der Waals surface area contributed by atoms with Gasteiger partial charge in [0.05, 0.1) is 24.3 Å². The van der Waals surface area contributed by atoms with Crippen molar-refractivity contribution in [2.45, 2.75) is 58.2 Å². The normalized spacial score (nSPS) is 24.1. The number of aromatic nitrogens is 2. The van der Waals surface area contributed by atoms with Gasteiger partial charge in [-0.2, -0.15) is 18.3 Å². The SMILES string of the molecule is CCOC(=O)[C@]1(CC)CC[C@@H](n2ncc(C(=O)O)c2C(F)(F)F)CC1. The molecule has 1 saturated carbocycles. The number of carboxylic acid groups (broad SMARTS) is 1. The highest BCUT2D eigenvalue weighted by Crippen LogP contribution is 2.45. The summed E-state index contributed by atoms with van der Waals surface area (Å²) in [7, 11) is 0. The third-order valence-electron chi connectivity index (χ3n) is 4.94. The number of alkyl halides is 3. The second-order valence-corrected chi connectivity index (χ2v) is 6.24. The van der Waals surface area contributed by atoms with Gasteiger partial charge in [-0.1, -0.05) is 6.92 Å². The quantitative estimate of drug-likeness (QED) is 0.808. The molecule has 1 aromatic heterocycles. The zero-order chi connectivity index (χ0) is 18.8. The van der Waals surface area contributed by atoms with Gasteiger partial charge in [0, 0.05) is 0 Å². The first-order valence-corrected chi connectivity index (χ1v) is 8.21. The first-order chi connectivity index (χ1) is 11.7. The zero-order valence-electron chi connectivity index (χ0n) is 14.1. The van der Waals surface area contributed by atoms with Gasteiger partial charge in [-0.15, -0.1) is 0 Å². The molecule has 6 nitrogen and oxygen atoms in total. The molecule has 1 fully saturated rings. The number of hydrogen-bond donors (Lipinski definition) is 1. The Kier molecular flexibility index (Phi) is 5.43. The third-order valence-corrected chi connectivity index (χ3v) is 4.94. The van der Waals surface area contributed by atoms with Gasteiger partial charge >= 0.3 is 18.1 Å². The van der Waals surface area contributed by atoms with E-state index in [1.807, 2.05) is 6.92 Å². The van der Waals surface area contributed by atoms with Crippen molar-refractivity contribution in [2.24, 2.45) is 5.41 Å². The van der Waals surface area contributed by atoms with Crippen LogP contribution in [0.4, 0.5) is 13.2 Å². The zero-order valence-corrected chi connectivity index (χ0v) is 14.1. The van der Waals surface area contributed by atoms with Crippen molar-refractivity contribution in [3.63, 3.8) is 0 Å². The molecule has 1 aliphatic rings. The van der Waals surface area contributed by atoms with Crippen molar-refractivity contribution in [2.75, 3.05) is 6.61 Å². The molecule has 140 valence electrons. The Labute approximate surface area is 143 Å². The van der Waals surface area contributed by atoms with Crippen molar-refractivity contribution in [1.82, 2.24) is 9.78 Å². The minimum Gasteiger partial charge on any atom is -0.478 e. The molecule has 1 heterocycles. The van der Waals surface area contributed by atoms with Gasteiger partial charge in [-0.05, 0) is 39.0 Å². The molecule has 2 rings (SSSR count). The van der Waals surface area contributed by atoms with Crippen LogP contribution < -0.4 is 0 Å². The summed E-state index contributed by atoms with van der Waals surface area (Å²) < 4.78 is 45.8. The Hall–Kier alpha value is -2.06. The number of esters is 1. The maximum atomic E-state index is 13.3. The van der Waals surface area contributed by atoms with E-state index >= 15 is 0 Å². The van der Waals surface area contributed by atoms with Crippen LogP contribution in [-0.4, -0.2) is 33.4 Å². The van der Waals surface area contributed by atoms with Crippen LogP contribution in [-0.2, 0) is 15.7 Å². The van der Waals surface area contributed by atoms with E-state index in [-0.39, 0.29) is 12.6 Å². The Morgan fingerprint density at radius 3 is 2.40 bits per heavy atom. The number of halogens is 3. The number of carboxylic acids is 1. The second-order valence-electron chi connectivity index (χ2n) is 6.24. The number of ether oxygens (including phenoxy) is 1. The van der Waals surface area contributed by atoms with Gasteiger partial charge in [0.2, 0.25) is 0 Å². The van der Waals surface area contributed by atoms with E-state index in [0.717, 1.165) is 10.9 Å². The lowest BCUT2D eigenvalue weighted by molar-refractivity contribution is -0.159. The van der Waals surface area contributed by atoms with Crippen LogP contribution in [0, 0.1) is 5.41 Å². The smallest absolute Gasteiger partial charge is 0.433 e. The lowest BCUT2D eigenvalue weighted by atomic mass is 9.70. The van der Waals surface area contributed by atoms with Crippen molar-refractivity contribution in [1.29, 1.82) is 0 Å². The lowest BCUT2D eigenvalue weighted by Crippen LogP contribution is -2.37. The summed E-state index contributed by atoms with van der Waals surface area (Å²) in [5.41, 5.74) is -2.79. The molecule has 0 aliphatic heterocycles. The first-order valence-electron chi connectivity index (χ1n) is 8.21. The van der Waals surface area contributed by atoms with Gasteiger partial charge in [0.1, 0.15) is 5.56 Å². The Balaban J connectivity index is 2.27. The predicted molar refractivity (Wildman–Crippen MR) is 81.1 cm³/mol. The lowest BCUT2D eigenvalue weighted by Gasteiger charge is -2.37. The molecule has 0 spiro atoms. The minimum absolute atomic E-state index is 0.253. The van der Waals surface area contributed by atoms with Crippen LogP contribution in [0.5, 0.6) is 0 Å². The second kappa shape index (κ2) is 7.05. The van der Waals surface area contributed by atoms with Crippen LogP contribution >= 0.6 is 0 Å². The molecule has 1 aromatic rings. The molecule has 0 atom stereocenters. The van der Waals surface area contributed by atoms with E-state index in [1.54, 1.807) is 6.92 Å². The van der Waals surface area contributed by atoms with Crippen molar-refractivity contribution in [3.8, 4) is 0 Å². The minimum atomic E-state index is -4.81. The molecule has 25 heavy (non-hydrogen) atoms. The summed E-state index contributed by atoms with van der Waals surface area (Å²) in [5.74, 6) is -1.98. The van der Waals surface area contributed by atoms with E-state index in [2.05, 4.69) is 5.10 Å². The molecule has 1 aliphatic carbocycles. The summed E-state index contributed by atoms with van der Waals surface area (Å²) in [6.45, 7) is 3.82. The monoisotopic (exact) mass is 362 g/mol. The largest absolute Gasteiger partial charge is 0.478 e. The molecule has 0 bridgehead atoms. The maximum Gasteiger partial charge on any atom is 0.433 e. The van der Waals surface area contributed by atoms with Crippen LogP contribution in [0.15, 0.2) is 6.20 Å².